The van der Waals surface area contributed by atoms with Crippen LogP contribution < -0.4 is 26.4 Å². The van der Waals surface area contributed by atoms with Gasteiger partial charge >= 0.3 is 0 Å². The second-order valence-corrected chi connectivity index (χ2v) is 6.33. The number of hydrogen-bond acceptors (Lipinski definition) is 5. The zero-order valence-corrected chi connectivity index (χ0v) is 16.8. The van der Waals surface area contributed by atoms with Crippen LogP contribution in [0.2, 0.25) is 0 Å². The van der Waals surface area contributed by atoms with E-state index in [0.29, 0.717) is 6.67 Å². The first-order valence-corrected chi connectivity index (χ1v) is 8.78. The number of aryl methyl sites for hydroxylation is 1. The first-order valence-electron chi connectivity index (χ1n) is 7.95. The van der Waals surface area contributed by atoms with E-state index in [1.807, 2.05) is 19.2 Å². The molecule has 0 amide bonds. The summed E-state index contributed by atoms with van der Waals surface area (Å²) in [7, 11) is 2.04. The standard InChI is InChI=1S/C16H22N7S.BrH/c1-3-22(11-10-21-9-8-20(2)14-21)16-6-4-15(5-7-16)18-19-23-12-17-13-24-23;/h4-9,13-14H,3,10-12H2,1-2H3;1H/q+1;/p-1. The molecule has 1 aromatic carbocycles. The molecule has 0 saturated heterocycles. The van der Waals surface area contributed by atoms with Crippen molar-refractivity contribution in [3.05, 3.63) is 43.0 Å². The molecular weight excluding hydrogens is 402 g/mol. The first kappa shape index (κ1) is 19.5. The van der Waals surface area contributed by atoms with E-state index in [1.165, 1.54) is 17.6 Å². The lowest BCUT2D eigenvalue weighted by Crippen LogP contribution is -3.00. The van der Waals surface area contributed by atoms with E-state index >= 15 is 0 Å². The predicted octanol–water partition coefficient (Wildman–Crippen LogP) is -0.209. The molecule has 9 heteroatoms. The Kier molecular flexibility index (Phi) is 7.45. The molecule has 2 heterocycles. The summed E-state index contributed by atoms with van der Waals surface area (Å²) >= 11 is 1.45. The Hall–Kier alpha value is -1.87. The van der Waals surface area contributed by atoms with Gasteiger partial charge < -0.3 is 21.9 Å². The lowest BCUT2D eigenvalue weighted by Gasteiger charge is -2.22. The van der Waals surface area contributed by atoms with Crippen molar-refractivity contribution in [2.75, 3.05) is 24.7 Å². The first-order chi connectivity index (χ1) is 11.7. The number of aromatic nitrogens is 2. The van der Waals surface area contributed by atoms with E-state index in [-0.39, 0.29) is 17.0 Å². The van der Waals surface area contributed by atoms with Gasteiger partial charge in [-0.1, -0.05) is 5.22 Å². The SMILES string of the molecule is CCN(CCn1cc[n+](C)c1)c1ccc(N=NN2CN=CS2)cc1.[Br-]. The Labute approximate surface area is 162 Å². The van der Waals surface area contributed by atoms with Gasteiger partial charge in [0, 0.05) is 24.2 Å². The minimum absolute atomic E-state index is 0. The number of rotatable bonds is 7. The molecule has 7 nitrogen and oxygen atoms in total. The van der Waals surface area contributed by atoms with Crippen LogP contribution in [0.15, 0.2) is 58.3 Å². The fourth-order valence-corrected chi connectivity index (χ4v) is 2.90. The minimum Gasteiger partial charge on any atom is -1.00 e. The van der Waals surface area contributed by atoms with Gasteiger partial charge in [0.25, 0.3) is 0 Å². The number of halogens is 1. The highest BCUT2D eigenvalue weighted by atomic mass is 79.9. The van der Waals surface area contributed by atoms with Crippen molar-refractivity contribution in [3.63, 3.8) is 0 Å². The average molecular weight is 424 g/mol. The molecule has 0 saturated carbocycles. The molecule has 1 aliphatic rings. The summed E-state index contributed by atoms with van der Waals surface area (Å²) in [5.74, 6) is 0. The summed E-state index contributed by atoms with van der Waals surface area (Å²) < 4.78 is 5.99. The van der Waals surface area contributed by atoms with Crippen LogP contribution in [0.3, 0.4) is 0 Å². The second-order valence-electron chi connectivity index (χ2n) is 5.49. The lowest BCUT2D eigenvalue weighted by molar-refractivity contribution is -0.671. The average Bonchev–Trinajstić information content (AvgIpc) is 3.26. The Balaban J connectivity index is 0.00000225. The number of benzene rings is 1. The monoisotopic (exact) mass is 423 g/mol. The van der Waals surface area contributed by atoms with Crippen LogP contribution in [0.25, 0.3) is 0 Å². The number of imidazole rings is 1. The van der Waals surface area contributed by atoms with Crippen LogP contribution in [-0.2, 0) is 13.6 Å². The van der Waals surface area contributed by atoms with Gasteiger partial charge in [-0.25, -0.2) is 9.13 Å². The Morgan fingerprint density at radius 2 is 2.12 bits per heavy atom. The van der Waals surface area contributed by atoms with Crippen LogP contribution in [0.1, 0.15) is 6.92 Å². The van der Waals surface area contributed by atoms with Crippen molar-refractivity contribution in [3.8, 4) is 0 Å². The van der Waals surface area contributed by atoms with Gasteiger partial charge in [-0.3, -0.25) is 4.99 Å². The van der Waals surface area contributed by atoms with Gasteiger partial charge in [0.05, 0.1) is 24.8 Å². The van der Waals surface area contributed by atoms with E-state index in [4.69, 9.17) is 0 Å². The fourth-order valence-electron chi connectivity index (χ4n) is 2.45. The maximum absolute atomic E-state index is 4.24. The third-order valence-electron chi connectivity index (χ3n) is 3.75. The highest BCUT2D eigenvalue weighted by Gasteiger charge is 2.08. The molecular formula is C16H22BrN7S. The molecule has 0 fully saturated rings. The van der Waals surface area contributed by atoms with Crippen LogP contribution >= 0.6 is 11.9 Å². The summed E-state index contributed by atoms with van der Waals surface area (Å²) in [6, 6.07) is 8.19. The molecule has 0 aliphatic carbocycles. The normalized spacial score (nSPS) is 13.4. The molecule has 0 bridgehead atoms. The Morgan fingerprint density at radius 3 is 2.72 bits per heavy atom. The van der Waals surface area contributed by atoms with E-state index in [0.717, 1.165) is 25.3 Å². The molecule has 0 spiro atoms. The van der Waals surface area contributed by atoms with Crippen molar-refractivity contribution in [2.24, 2.45) is 22.4 Å². The molecule has 1 aromatic heterocycles. The third-order valence-corrected chi connectivity index (χ3v) is 4.43. The lowest BCUT2D eigenvalue weighted by atomic mass is 10.2. The number of anilines is 1. The summed E-state index contributed by atoms with van der Waals surface area (Å²) in [6.45, 7) is 5.63. The zero-order chi connectivity index (χ0) is 16.8. The van der Waals surface area contributed by atoms with Crippen molar-refractivity contribution in [1.29, 1.82) is 0 Å². The predicted molar refractivity (Wildman–Crippen MR) is 97.2 cm³/mol. The van der Waals surface area contributed by atoms with Gasteiger partial charge in [-0.2, -0.15) is 4.41 Å². The van der Waals surface area contributed by atoms with Crippen LogP contribution in [0, 0.1) is 0 Å². The van der Waals surface area contributed by atoms with Crippen molar-refractivity contribution >= 4 is 28.9 Å². The highest BCUT2D eigenvalue weighted by Crippen LogP contribution is 2.22. The number of hydrogen-bond donors (Lipinski definition) is 0. The number of likely N-dealkylation sites (N-methyl/N-ethyl adjacent to an activating group) is 1. The number of aliphatic imine (C=N–C) groups is 1. The van der Waals surface area contributed by atoms with Crippen molar-refractivity contribution in [1.82, 2.24) is 8.98 Å². The molecule has 1 aliphatic heterocycles. The van der Waals surface area contributed by atoms with Crippen LogP contribution in [0.5, 0.6) is 0 Å². The summed E-state index contributed by atoms with van der Waals surface area (Å²) in [4.78, 5) is 6.42. The van der Waals surface area contributed by atoms with Gasteiger partial charge in [0.15, 0.2) is 0 Å². The van der Waals surface area contributed by atoms with Crippen LogP contribution in [-0.4, -0.2) is 34.3 Å². The van der Waals surface area contributed by atoms with Gasteiger partial charge in [0.1, 0.15) is 25.6 Å². The Morgan fingerprint density at radius 1 is 1.32 bits per heavy atom. The smallest absolute Gasteiger partial charge is 0.243 e. The van der Waals surface area contributed by atoms with Gasteiger partial charge in [-0.15, -0.1) is 5.11 Å². The highest BCUT2D eigenvalue weighted by molar-refractivity contribution is 8.10. The minimum atomic E-state index is 0. The van der Waals surface area contributed by atoms with E-state index in [1.54, 1.807) is 9.96 Å². The van der Waals surface area contributed by atoms with E-state index < -0.39 is 0 Å². The molecule has 2 aromatic rings. The maximum atomic E-state index is 4.24. The number of nitrogens with zero attached hydrogens (tertiary/aromatic N) is 7. The molecule has 0 atom stereocenters. The maximum Gasteiger partial charge on any atom is 0.243 e. The molecule has 0 radical (unpaired) electrons. The Bertz CT molecular complexity index is 706. The molecule has 0 N–H and O–H groups in total. The quantitative estimate of drug-likeness (QED) is 0.351. The third kappa shape index (κ3) is 5.57. The molecule has 134 valence electrons. The molecule has 0 unspecified atom stereocenters. The molecule has 3 rings (SSSR count). The zero-order valence-electron chi connectivity index (χ0n) is 14.4. The summed E-state index contributed by atoms with van der Waals surface area (Å²) in [5, 5.41) is 8.38. The van der Waals surface area contributed by atoms with Crippen molar-refractivity contribution in [2.45, 2.75) is 13.5 Å². The summed E-state index contributed by atoms with van der Waals surface area (Å²) in [6.07, 6.45) is 6.24. The van der Waals surface area contributed by atoms with E-state index in [9.17, 15) is 0 Å². The fraction of sp³-hybridized carbons (Fsp3) is 0.375. The van der Waals surface area contributed by atoms with E-state index in [2.05, 4.69) is 67.1 Å². The second kappa shape index (κ2) is 9.57. The molecule has 25 heavy (non-hydrogen) atoms. The largest absolute Gasteiger partial charge is 1.00 e. The van der Waals surface area contributed by atoms with Crippen molar-refractivity contribution < 1.29 is 21.5 Å². The topological polar surface area (TPSA) is 52.4 Å². The summed E-state index contributed by atoms with van der Waals surface area (Å²) in [5.41, 5.74) is 3.82. The van der Waals surface area contributed by atoms with Gasteiger partial charge in [0.2, 0.25) is 6.33 Å². The van der Waals surface area contributed by atoms with Crippen LogP contribution in [0.4, 0.5) is 11.4 Å². The van der Waals surface area contributed by atoms with Gasteiger partial charge in [-0.05, 0) is 31.2 Å².